The van der Waals surface area contributed by atoms with Gasteiger partial charge in [0.15, 0.2) is 0 Å². The number of benzene rings is 1. The topological polar surface area (TPSA) is 38.0 Å². The molecule has 1 heterocycles. The highest BCUT2D eigenvalue weighted by molar-refractivity contribution is 5.32. The summed E-state index contributed by atoms with van der Waals surface area (Å²) < 4.78 is 1.90. The van der Waals surface area contributed by atoms with Crippen molar-refractivity contribution in [1.82, 2.24) is 9.78 Å². The Kier molecular flexibility index (Phi) is 3.76. The fraction of sp³-hybridized carbons (Fsp3) is 0.438. The molecule has 1 atom stereocenters. The first kappa shape index (κ1) is 13.8. The summed E-state index contributed by atoms with van der Waals surface area (Å²) >= 11 is 0. The van der Waals surface area contributed by atoms with Gasteiger partial charge in [-0.05, 0) is 51.3 Å². The van der Waals surface area contributed by atoms with E-state index in [9.17, 15) is 5.11 Å². The molecular formula is C16H22N2O. The molecule has 3 heteroatoms. The van der Waals surface area contributed by atoms with Crippen molar-refractivity contribution in [3.05, 3.63) is 51.8 Å². The fourth-order valence-corrected chi connectivity index (χ4v) is 2.35. The Morgan fingerprint density at radius 3 is 2.42 bits per heavy atom. The highest BCUT2D eigenvalue weighted by Gasteiger charge is 2.15. The lowest BCUT2D eigenvalue weighted by atomic mass is 10.0. The van der Waals surface area contributed by atoms with Crippen molar-refractivity contribution in [2.75, 3.05) is 0 Å². The van der Waals surface area contributed by atoms with Crippen molar-refractivity contribution in [3.63, 3.8) is 0 Å². The van der Waals surface area contributed by atoms with Crippen LogP contribution in [0.2, 0.25) is 0 Å². The monoisotopic (exact) mass is 258 g/mol. The van der Waals surface area contributed by atoms with Crippen LogP contribution < -0.4 is 0 Å². The van der Waals surface area contributed by atoms with E-state index in [4.69, 9.17) is 0 Å². The first-order valence-corrected chi connectivity index (χ1v) is 6.66. The quantitative estimate of drug-likeness (QED) is 0.918. The van der Waals surface area contributed by atoms with Gasteiger partial charge in [-0.25, -0.2) is 0 Å². The van der Waals surface area contributed by atoms with Crippen molar-refractivity contribution < 1.29 is 5.11 Å². The molecule has 1 aromatic carbocycles. The summed E-state index contributed by atoms with van der Waals surface area (Å²) in [6.07, 6.45) is -0.516. The minimum absolute atomic E-state index is 0.505. The van der Waals surface area contributed by atoms with Crippen molar-refractivity contribution >= 4 is 0 Å². The standard InChI is InChI=1S/C16H22N2O/c1-10-6-7-11(2)15(8-10)16(19)9-18-14(5)12(3)13(4)17-18/h6-8,16,19H,9H2,1-5H3. The summed E-state index contributed by atoms with van der Waals surface area (Å²) in [7, 11) is 0. The Labute approximate surface area is 114 Å². The zero-order valence-corrected chi connectivity index (χ0v) is 12.4. The summed E-state index contributed by atoms with van der Waals surface area (Å²) in [6.45, 7) is 10.7. The first-order chi connectivity index (χ1) is 8.90. The number of hydrogen-bond donors (Lipinski definition) is 1. The molecule has 3 nitrogen and oxygen atoms in total. The zero-order chi connectivity index (χ0) is 14.2. The average Bonchev–Trinajstić information content (AvgIpc) is 2.60. The van der Waals surface area contributed by atoms with Crippen molar-refractivity contribution in [2.24, 2.45) is 0 Å². The molecule has 0 saturated heterocycles. The zero-order valence-electron chi connectivity index (χ0n) is 12.4. The molecule has 1 unspecified atom stereocenters. The molecule has 0 aliphatic rings. The van der Waals surface area contributed by atoms with Gasteiger partial charge in [-0.2, -0.15) is 5.10 Å². The number of nitrogens with zero attached hydrogens (tertiary/aromatic N) is 2. The highest BCUT2D eigenvalue weighted by Crippen LogP contribution is 2.22. The summed E-state index contributed by atoms with van der Waals surface area (Å²) in [5.41, 5.74) is 6.64. The van der Waals surface area contributed by atoms with Crippen LogP contribution in [-0.4, -0.2) is 14.9 Å². The van der Waals surface area contributed by atoms with E-state index in [-0.39, 0.29) is 0 Å². The minimum atomic E-state index is -0.516. The largest absolute Gasteiger partial charge is 0.386 e. The molecule has 19 heavy (non-hydrogen) atoms. The van der Waals surface area contributed by atoms with Gasteiger partial charge in [-0.1, -0.05) is 23.8 Å². The van der Waals surface area contributed by atoms with Gasteiger partial charge in [0.1, 0.15) is 0 Å². The molecule has 0 aliphatic heterocycles. The van der Waals surface area contributed by atoms with Crippen LogP contribution in [0.3, 0.4) is 0 Å². The smallest absolute Gasteiger partial charge is 0.0988 e. The molecule has 0 fully saturated rings. The van der Waals surface area contributed by atoms with Gasteiger partial charge in [0, 0.05) is 5.69 Å². The van der Waals surface area contributed by atoms with E-state index in [1.54, 1.807) is 0 Å². The van der Waals surface area contributed by atoms with Crippen LogP contribution in [0.5, 0.6) is 0 Å². The van der Waals surface area contributed by atoms with Gasteiger partial charge >= 0.3 is 0 Å². The van der Waals surface area contributed by atoms with Crippen molar-refractivity contribution in [3.8, 4) is 0 Å². The van der Waals surface area contributed by atoms with Crippen LogP contribution in [-0.2, 0) is 6.54 Å². The van der Waals surface area contributed by atoms with Gasteiger partial charge in [-0.3, -0.25) is 4.68 Å². The molecule has 2 aromatic rings. The van der Waals surface area contributed by atoms with E-state index in [0.29, 0.717) is 6.54 Å². The number of aryl methyl sites for hydroxylation is 3. The lowest BCUT2D eigenvalue weighted by molar-refractivity contribution is 0.149. The van der Waals surface area contributed by atoms with E-state index < -0.39 is 6.10 Å². The normalized spacial score (nSPS) is 12.7. The number of aliphatic hydroxyl groups excluding tert-OH is 1. The number of aromatic nitrogens is 2. The fourth-order valence-electron chi connectivity index (χ4n) is 2.35. The highest BCUT2D eigenvalue weighted by atomic mass is 16.3. The Balaban J connectivity index is 2.27. The number of hydrogen-bond acceptors (Lipinski definition) is 2. The second kappa shape index (κ2) is 5.17. The van der Waals surface area contributed by atoms with E-state index in [2.05, 4.69) is 30.2 Å². The van der Waals surface area contributed by atoms with Crippen LogP contribution in [0.4, 0.5) is 0 Å². The third kappa shape index (κ3) is 2.71. The van der Waals surface area contributed by atoms with Gasteiger partial charge in [0.25, 0.3) is 0 Å². The van der Waals surface area contributed by atoms with E-state index in [1.165, 1.54) is 11.1 Å². The van der Waals surface area contributed by atoms with Crippen LogP contribution in [0.15, 0.2) is 18.2 Å². The molecule has 102 valence electrons. The predicted molar refractivity (Wildman–Crippen MR) is 77.3 cm³/mol. The summed E-state index contributed by atoms with van der Waals surface area (Å²) in [6, 6.07) is 6.18. The molecule has 0 radical (unpaired) electrons. The SMILES string of the molecule is Cc1ccc(C)c(C(O)Cn2nc(C)c(C)c2C)c1. The van der Waals surface area contributed by atoms with Crippen LogP contribution in [0, 0.1) is 34.6 Å². The lowest BCUT2D eigenvalue weighted by Gasteiger charge is -2.15. The maximum Gasteiger partial charge on any atom is 0.0988 e. The van der Waals surface area contributed by atoms with Crippen LogP contribution in [0.25, 0.3) is 0 Å². The van der Waals surface area contributed by atoms with E-state index in [1.807, 2.05) is 32.4 Å². The number of aliphatic hydroxyl groups is 1. The van der Waals surface area contributed by atoms with E-state index in [0.717, 1.165) is 22.5 Å². The summed E-state index contributed by atoms with van der Waals surface area (Å²) in [5.74, 6) is 0. The Morgan fingerprint density at radius 2 is 1.84 bits per heavy atom. The average molecular weight is 258 g/mol. The predicted octanol–water partition coefficient (Wildman–Crippen LogP) is 3.16. The molecule has 0 saturated carbocycles. The Hall–Kier alpha value is -1.61. The van der Waals surface area contributed by atoms with Gasteiger partial charge in [0.05, 0.1) is 18.3 Å². The van der Waals surface area contributed by atoms with E-state index >= 15 is 0 Å². The third-order valence-electron chi connectivity index (χ3n) is 3.88. The molecular weight excluding hydrogens is 236 g/mol. The maximum atomic E-state index is 10.4. The molecule has 1 N–H and O–H groups in total. The second-order valence-electron chi connectivity index (χ2n) is 5.35. The molecule has 2 rings (SSSR count). The molecule has 0 spiro atoms. The van der Waals surface area contributed by atoms with Crippen LogP contribution in [0.1, 0.15) is 39.7 Å². The van der Waals surface area contributed by atoms with Crippen molar-refractivity contribution in [2.45, 2.75) is 47.3 Å². The second-order valence-corrected chi connectivity index (χ2v) is 5.35. The first-order valence-electron chi connectivity index (χ1n) is 6.66. The number of rotatable bonds is 3. The molecule has 0 aliphatic carbocycles. The van der Waals surface area contributed by atoms with Crippen molar-refractivity contribution in [1.29, 1.82) is 0 Å². The van der Waals surface area contributed by atoms with Gasteiger partial charge in [0.2, 0.25) is 0 Å². The Bertz CT molecular complexity index is 599. The third-order valence-corrected chi connectivity index (χ3v) is 3.88. The maximum absolute atomic E-state index is 10.4. The lowest BCUT2D eigenvalue weighted by Crippen LogP contribution is -2.12. The summed E-state index contributed by atoms with van der Waals surface area (Å²) in [5, 5.41) is 14.9. The molecule has 1 aromatic heterocycles. The van der Waals surface area contributed by atoms with Gasteiger partial charge in [-0.15, -0.1) is 0 Å². The summed E-state index contributed by atoms with van der Waals surface area (Å²) in [4.78, 5) is 0. The molecule has 0 bridgehead atoms. The Morgan fingerprint density at radius 1 is 1.16 bits per heavy atom. The van der Waals surface area contributed by atoms with Gasteiger partial charge < -0.3 is 5.11 Å². The minimum Gasteiger partial charge on any atom is -0.386 e. The molecule has 0 amide bonds. The van der Waals surface area contributed by atoms with Crippen LogP contribution >= 0.6 is 0 Å².